The van der Waals surface area contributed by atoms with E-state index in [0.717, 1.165) is 5.71 Å². The van der Waals surface area contributed by atoms with Crippen molar-refractivity contribution in [3.05, 3.63) is 0 Å². The van der Waals surface area contributed by atoms with Gasteiger partial charge in [-0.25, -0.2) is 0 Å². The third kappa shape index (κ3) is 1.99. The van der Waals surface area contributed by atoms with Crippen LogP contribution >= 0.6 is 0 Å². The highest BCUT2D eigenvalue weighted by molar-refractivity contribution is 5.90. The summed E-state index contributed by atoms with van der Waals surface area (Å²) in [5.41, 5.74) is 3.71. The molecule has 0 atom stereocenters. The van der Waals surface area contributed by atoms with Crippen LogP contribution in [0.25, 0.3) is 0 Å². The normalized spacial score (nSPS) is 16.8. The van der Waals surface area contributed by atoms with Crippen molar-refractivity contribution in [2.45, 2.75) is 0 Å². The molecule has 0 aromatic carbocycles. The van der Waals surface area contributed by atoms with Crippen LogP contribution in [-0.4, -0.2) is 37.2 Å². The van der Waals surface area contributed by atoms with Gasteiger partial charge in [-0.3, -0.25) is 0 Å². The Bertz CT molecular complexity index is 108. The minimum atomic E-state index is 0.123. The van der Waals surface area contributed by atoms with Crippen LogP contribution < -0.4 is 5.43 Å². The zero-order valence-corrected chi connectivity index (χ0v) is 5.13. The van der Waals surface area contributed by atoms with Gasteiger partial charge >= 0.3 is 0 Å². The number of hydrogen-bond acceptors (Lipinski definition) is 4. The van der Waals surface area contributed by atoms with Crippen LogP contribution in [0.2, 0.25) is 0 Å². The van der Waals surface area contributed by atoms with E-state index in [2.05, 4.69) is 10.5 Å². The predicted molar refractivity (Wildman–Crippen MR) is 33.3 cm³/mol. The first-order chi connectivity index (χ1) is 4.43. The van der Waals surface area contributed by atoms with E-state index in [4.69, 9.17) is 9.84 Å². The average Bonchev–Trinajstić information content (AvgIpc) is 1.76. The van der Waals surface area contributed by atoms with E-state index >= 15 is 0 Å². The van der Waals surface area contributed by atoms with Crippen LogP contribution in [-0.2, 0) is 4.74 Å². The number of rotatable bonds is 3. The number of nitrogens with one attached hydrogen (secondary N) is 1. The van der Waals surface area contributed by atoms with Crippen LogP contribution in [0.3, 0.4) is 0 Å². The number of hydrogen-bond donors (Lipinski definition) is 2. The van der Waals surface area contributed by atoms with Crippen molar-refractivity contribution in [2.24, 2.45) is 5.10 Å². The number of aliphatic hydroxyl groups is 1. The highest BCUT2D eigenvalue weighted by atomic mass is 16.5. The zero-order chi connectivity index (χ0) is 6.53. The van der Waals surface area contributed by atoms with Gasteiger partial charge in [0.25, 0.3) is 0 Å². The molecule has 0 saturated carbocycles. The van der Waals surface area contributed by atoms with Gasteiger partial charge < -0.3 is 15.3 Å². The fourth-order valence-electron chi connectivity index (χ4n) is 0.476. The smallest absolute Gasteiger partial charge is 0.0895 e. The second kappa shape index (κ2) is 3.42. The molecular weight excluding hydrogens is 120 g/mol. The standard InChI is InChI=1S/C5H10N2O2/c8-2-1-6-7-5-3-9-4-5/h6,8H,1-4H2. The van der Waals surface area contributed by atoms with E-state index in [1.165, 1.54) is 0 Å². The predicted octanol–water partition coefficient (Wildman–Crippen LogP) is -1.05. The number of hydrazone groups is 1. The zero-order valence-electron chi connectivity index (χ0n) is 5.13. The fourth-order valence-corrected chi connectivity index (χ4v) is 0.476. The molecule has 1 rings (SSSR count). The van der Waals surface area contributed by atoms with Gasteiger partial charge in [0.05, 0.1) is 32.1 Å². The maximum atomic E-state index is 8.31. The molecule has 0 unspecified atom stereocenters. The first kappa shape index (κ1) is 6.51. The first-order valence-corrected chi connectivity index (χ1v) is 2.90. The lowest BCUT2D eigenvalue weighted by molar-refractivity contribution is 0.157. The van der Waals surface area contributed by atoms with E-state index in [1.807, 2.05) is 0 Å². The van der Waals surface area contributed by atoms with Crippen molar-refractivity contribution in [2.75, 3.05) is 26.4 Å². The monoisotopic (exact) mass is 130 g/mol. The van der Waals surface area contributed by atoms with E-state index < -0.39 is 0 Å². The van der Waals surface area contributed by atoms with E-state index in [1.54, 1.807) is 0 Å². The SMILES string of the molecule is OCCNN=C1COC1. The summed E-state index contributed by atoms with van der Waals surface area (Å²) in [5.74, 6) is 0. The molecule has 52 valence electrons. The molecule has 4 nitrogen and oxygen atoms in total. The Labute approximate surface area is 53.5 Å². The number of ether oxygens (including phenoxy) is 1. The maximum absolute atomic E-state index is 8.31. The molecule has 4 heteroatoms. The minimum Gasteiger partial charge on any atom is -0.394 e. The van der Waals surface area contributed by atoms with Crippen molar-refractivity contribution < 1.29 is 9.84 Å². The minimum absolute atomic E-state index is 0.123. The molecule has 0 aliphatic carbocycles. The molecule has 1 saturated heterocycles. The lowest BCUT2D eigenvalue weighted by Gasteiger charge is -2.15. The summed E-state index contributed by atoms with van der Waals surface area (Å²) < 4.78 is 4.83. The van der Waals surface area contributed by atoms with Crippen LogP contribution in [0.15, 0.2) is 5.10 Å². The molecule has 0 aromatic heterocycles. The summed E-state index contributed by atoms with van der Waals surface area (Å²) in [5, 5.41) is 12.2. The Kier molecular flexibility index (Phi) is 2.48. The van der Waals surface area contributed by atoms with Crippen molar-refractivity contribution in [1.82, 2.24) is 5.43 Å². The van der Waals surface area contributed by atoms with Crippen molar-refractivity contribution in [3.63, 3.8) is 0 Å². The maximum Gasteiger partial charge on any atom is 0.0895 e. The lowest BCUT2D eigenvalue weighted by Crippen LogP contribution is -2.30. The molecule has 1 fully saturated rings. The highest BCUT2D eigenvalue weighted by Crippen LogP contribution is 1.92. The van der Waals surface area contributed by atoms with Crippen LogP contribution in [0.1, 0.15) is 0 Å². The second-order valence-corrected chi connectivity index (χ2v) is 1.80. The third-order valence-electron chi connectivity index (χ3n) is 0.998. The molecule has 0 bridgehead atoms. The van der Waals surface area contributed by atoms with Gasteiger partial charge in [0.2, 0.25) is 0 Å². The quantitative estimate of drug-likeness (QED) is 0.379. The highest BCUT2D eigenvalue weighted by Gasteiger charge is 2.09. The van der Waals surface area contributed by atoms with E-state index in [-0.39, 0.29) is 6.61 Å². The first-order valence-electron chi connectivity index (χ1n) is 2.90. The van der Waals surface area contributed by atoms with E-state index in [9.17, 15) is 0 Å². The molecule has 0 radical (unpaired) electrons. The number of aliphatic hydroxyl groups excluding tert-OH is 1. The molecule has 2 N–H and O–H groups in total. The Morgan fingerprint density at radius 2 is 2.44 bits per heavy atom. The summed E-state index contributed by atoms with van der Waals surface area (Å²) in [6, 6.07) is 0. The van der Waals surface area contributed by atoms with Gasteiger partial charge in [-0.15, -0.1) is 0 Å². The molecule has 9 heavy (non-hydrogen) atoms. The second-order valence-electron chi connectivity index (χ2n) is 1.80. The molecule has 1 aliphatic rings. The van der Waals surface area contributed by atoms with Crippen LogP contribution in [0.4, 0.5) is 0 Å². The summed E-state index contributed by atoms with van der Waals surface area (Å²) in [6.07, 6.45) is 0. The van der Waals surface area contributed by atoms with Gasteiger partial charge in [-0.1, -0.05) is 0 Å². The largest absolute Gasteiger partial charge is 0.394 e. The summed E-state index contributed by atoms with van der Waals surface area (Å²) in [4.78, 5) is 0. The topological polar surface area (TPSA) is 53.8 Å². The summed E-state index contributed by atoms with van der Waals surface area (Å²) >= 11 is 0. The average molecular weight is 130 g/mol. The summed E-state index contributed by atoms with van der Waals surface area (Å²) in [7, 11) is 0. The summed E-state index contributed by atoms with van der Waals surface area (Å²) in [6.45, 7) is 1.91. The van der Waals surface area contributed by atoms with Gasteiger partial charge in [-0.2, -0.15) is 5.10 Å². The van der Waals surface area contributed by atoms with Crippen molar-refractivity contribution in [3.8, 4) is 0 Å². The van der Waals surface area contributed by atoms with Crippen molar-refractivity contribution >= 4 is 5.71 Å². The Balaban J connectivity index is 2.01. The fraction of sp³-hybridized carbons (Fsp3) is 0.800. The van der Waals surface area contributed by atoms with Gasteiger partial charge in [0, 0.05) is 0 Å². The Morgan fingerprint density at radius 3 is 2.89 bits per heavy atom. The molecule has 0 amide bonds. The molecule has 1 heterocycles. The van der Waals surface area contributed by atoms with Crippen molar-refractivity contribution in [1.29, 1.82) is 0 Å². The van der Waals surface area contributed by atoms with Gasteiger partial charge in [0.1, 0.15) is 0 Å². The van der Waals surface area contributed by atoms with Gasteiger partial charge in [0.15, 0.2) is 0 Å². The Morgan fingerprint density at radius 1 is 1.67 bits per heavy atom. The molecular formula is C5H10N2O2. The molecule has 1 aliphatic heterocycles. The van der Waals surface area contributed by atoms with Gasteiger partial charge in [-0.05, 0) is 0 Å². The third-order valence-corrected chi connectivity index (χ3v) is 0.998. The molecule has 0 spiro atoms. The van der Waals surface area contributed by atoms with Crippen LogP contribution in [0.5, 0.6) is 0 Å². The van der Waals surface area contributed by atoms with E-state index in [0.29, 0.717) is 19.8 Å². The lowest BCUT2D eigenvalue weighted by atomic mass is 10.3. The Hall–Kier alpha value is -0.610. The number of nitrogens with zero attached hydrogens (tertiary/aromatic N) is 1. The van der Waals surface area contributed by atoms with Crippen LogP contribution in [0, 0.1) is 0 Å². The molecule has 0 aromatic rings.